The van der Waals surface area contributed by atoms with Gasteiger partial charge >= 0.3 is 0 Å². The molecule has 0 amide bonds. The molecule has 0 bridgehead atoms. The van der Waals surface area contributed by atoms with Crippen molar-refractivity contribution in [2.75, 3.05) is 6.61 Å². The summed E-state index contributed by atoms with van der Waals surface area (Å²) in [6, 6.07) is 0. The Bertz CT molecular complexity index is 210. The van der Waals surface area contributed by atoms with E-state index in [0.29, 0.717) is 13.0 Å². The van der Waals surface area contributed by atoms with Crippen molar-refractivity contribution in [3.05, 3.63) is 0 Å². The molecule has 0 aromatic carbocycles. The minimum Gasteiger partial charge on any atom is -0.417 e. The Balaban J connectivity index is 3.96. The van der Waals surface area contributed by atoms with Gasteiger partial charge in [-0.1, -0.05) is 26.7 Å². The first kappa shape index (κ1) is 13.7. The van der Waals surface area contributed by atoms with Crippen molar-refractivity contribution in [1.82, 2.24) is 0 Å². The number of aliphatic hydroxyl groups excluding tert-OH is 1. The van der Waals surface area contributed by atoms with E-state index >= 15 is 0 Å². The van der Waals surface area contributed by atoms with Crippen LogP contribution in [0.1, 0.15) is 27.2 Å². The molecule has 82 valence electrons. The quantitative estimate of drug-likeness (QED) is 0.575. The largest absolute Gasteiger partial charge is 0.417 e. The van der Waals surface area contributed by atoms with Crippen LogP contribution in [0, 0.1) is 12.3 Å². The molecule has 14 heavy (non-hydrogen) atoms. The van der Waals surface area contributed by atoms with E-state index in [0.717, 1.165) is 0 Å². The minimum atomic E-state index is -1.66. The van der Waals surface area contributed by atoms with Crippen LogP contribution in [-0.4, -0.2) is 26.1 Å². The normalized spacial score (nSPS) is 14.9. The molecule has 0 aliphatic heterocycles. The highest BCUT2D eigenvalue weighted by molar-refractivity contribution is 6.74. The molecular weight excluding hydrogens is 192 g/mol. The van der Waals surface area contributed by atoms with Gasteiger partial charge in [0.25, 0.3) is 0 Å². The molecule has 0 radical (unpaired) electrons. The Morgan fingerprint density at radius 3 is 2.29 bits per heavy atom. The zero-order chi connectivity index (χ0) is 11.4. The summed E-state index contributed by atoms with van der Waals surface area (Å²) in [5.41, 5.74) is 0. The second-order valence-electron chi connectivity index (χ2n) is 5.08. The number of hydrogen-bond acceptors (Lipinski definition) is 2. The lowest BCUT2D eigenvalue weighted by atomic mass is 10.2. The van der Waals surface area contributed by atoms with E-state index in [2.05, 4.69) is 39.8 Å². The van der Waals surface area contributed by atoms with Gasteiger partial charge in [0.1, 0.15) is 6.10 Å². The minimum absolute atomic E-state index is 0.216. The number of hydrogen-bond donors (Lipinski definition) is 1. The SMILES string of the molecule is C#CC(O)CCO[Si](C)(C)C(C)(C)C. The van der Waals surface area contributed by atoms with E-state index in [1.54, 1.807) is 0 Å². The van der Waals surface area contributed by atoms with Crippen LogP contribution in [0.2, 0.25) is 18.1 Å². The summed E-state index contributed by atoms with van der Waals surface area (Å²) in [4.78, 5) is 0. The van der Waals surface area contributed by atoms with Crippen molar-refractivity contribution < 1.29 is 9.53 Å². The van der Waals surface area contributed by atoms with Gasteiger partial charge in [0.2, 0.25) is 0 Å². The summed E-state index contributed by atoms with van der Waals surface area (Å²) in [5, 5.41) is 9.37. The van der Waals surface area contributed by atoms with Crippen LogP contribution in [0.5, 0.6) is 0 Å². The molecule has 3 heteroatoms. The highest BCUT2D eigenvalue weighted by Gasteiger charge is 2.36. The molecule has 0 saturated carbocycles. The van der Waals surface area contributed by atoms with Gasteiger partial charge in [-0.25, -0.2) is 0 Å². The molecule has 2 nitrogen and oxygen atoms in total. The average molecular weight is 214 g/mol. The van der Waals surface area contributed by atoms with Crippen LogP contribution in [0.15, 0.2) is 0 Å². The third-order valence-corrected chi connectivity index (χ3v) is 7.39. The first-order valence-electron chi connectivity index (χ1n) is 4.99. The first-order chi connectivity index (χ1) is 6.20. The second kappa shape index (κ2) is 4.97. The van der Waals surface area contributed by atoms with Crippen LogP contribution < -0.4 is 0 Å². The Morgan fingerprint density at radius 1 is 1.43 bits per heavy atom. The molecule has 0 fully saturated rings. The Morgan fingerprint density at radius 2 is 1.93 bits per heavy atom. The zero-order valence-corrected chi connectivity index (χ0v) is 10.9. The highest BCUT2D eigenvalue weighted by atomic mass is 28.4. The highest BCUT2D eigenvalue weighted by Crippen LogP contribution is 2.36. The van der Waals surface area contributed by atoms with Crippen LogP contribution >= 0.6 is 0 Å². The number of aliphatic hydroxyl groups is 1. The lowest BCUT2D eigenvalue weighted by Crippen LogP contribution is -2.41. The van der Waals surface area contributed by atoms with Crippen molar-refractivity contribution in [2.45, 2.75) is 51.4 Å². The van der Waals surface area contributed by atoms with E-state index in [9.17, 15) is 0 Å². The molecule has 1 unspecified atom stereocenters. The third-order valence-electron chi connectivity index (χ3n) is 2.85. The smallest absolute Gasteiger partial charge is 0.191 e. The van der Waals surface area contributed by atoms with Gasteiger partial charge < -0.3 is 9.53 Å². The second-order valence-corrected chi connectivity index (χ2v) is 9.89. The summed E-state index contributed by atoms with van der Waals surface area (Å²) in [6.07, 6.45) is 4.93. The molecule has 0 aliphatic rings. The van der Waals surface area contributed by atoms with E-state index in [4.69, 9.17) is 16.0 Å². The predicted octanol–water partition coefficient (Wildman–Crippen LogP) is 2.39. The lowest BCUT2D eigenvalue weighted by molar-refractivity contribution is 0.179. The molecule has 1 N–H and O–H groups in total. The molecule has 0 saturated heterocycles. The van der Waals surface area contributed by atoms with Gasteiger partial charge in [0.05, 0.1) is 0 Å². The summed E-state index contributed by atoms with van der Waals surface area (Å²) in [6.45, 7) is 11.5. The predicted molar refractivity (Wildman–Crippen MR) is 62.6 cm³/mol. The van der Waals surface area contributed by atoms with Gasteiger partial charge in [-0.2, -0.15) is 0 Å². The molecule has 0 aliphatic carbocycles. The van der Waals surface area contributed by atoms with Crippen LogP contribution in [0.4, 0.5) is 0 Å². The first-order valence-corrected chi connectivity index (χ1v) is 7.89. The van der Waals surface area contributed by atoms with Gasteiger partial charge in [-0.05, 0) is 18.1 Å². The molecule has 1 atom stereocenters. The van der Waals surface area contributed by atoms with Crippen molar-refractivity contribution in [3.63, 3.8) is 0 Å². The van der Waals surface area contributed by atoms with Crippen LogP contribution in [0.25, 0.3) is 0 Å². The fourth-order valence-corrected chi connectivity index (χ4v) is 1.79. The van der Waals surface area contributed by atoms with E-state index in [1.807, 2.05) is 0 Å². The molecule has 0 heterocycles. The molecule has 0 aromatic heterocycles. The Labute approximate surface area is 88.8 Å². The van der Waals surface area contributed by atoms with Crippen molar-refractivity contribution in [3.8, 4) is 12.3 Å². The van der Waals surface area contributed by atoms with Gasteiger partial charge in [-0.15, -0.1) is 6.42 Å². The van der Waals surface area contributed by atoms with Crippen molar-refractivity contribution in [2.24, 2.45) is 0 Å². The monoisotopic (exact) mass is 214 g/mol. The lowest BCUT2D eigenvalue weighted by Gasteiger charge is -2.36. The molecule has 0 rings (SSSR count). The summed E-state index contributed by atoms with van der Waals surface area (Å²) in [7, 11) is -1.66. The summed E-state index contributed by atoms with van der Waals surface area (Å²) in [5.74, 6) is 2.28. The fourth-order valence-electron chi connectivity index (χ4n) is 0.726. The summed E-state index contributed by atoms with van der Waals surface area (Å²) >= 11 is 0. The van der Waals surface area contributed by atoms with Crippen molar-refractivity contribution >= 4 is 8.32 Å². The number of terminal acetylenes is 1. The standard InChI is InChI=1S/C11H22O2Si/c1-7-10(12)8-9-13-14(5,6)11(2,3)4/h1,10,12H,8-9H2,2-6H3. The Hall–Kier alpha value is -0.303. The van der Waals surface area contributed by atoms with E-state index in [-0.39, 0.29) is 5.04 Å². The maximum atomic E-state index is 9.16. The van der Waals surface area contributed by atoms with E-state index < -0.39 is 14.4 Å². The average Bonchev–Trinajstić information content (AvgIpc) is 2.01. The molecule has 0 aromatic rings. The van der Waals surface area contributed by atoms with Crippen LogP contribution in [-0.2, 0) is 4.43 Å². The molecular formula is C11H22O2Si. The third kappa shape index (κ3) is 4.27. The fraction of sp³-hybridized carbons (Fsp3) is 0.818. The summed E-state index contributed by atoms with van der Waals surface area (Å²) < 4.78 is 5.85. The Kier molecular flexibility index (Phi) is 4.86. The van der Waals surface area contributed by atoms with Crippen molar-refractivity contribution in [1.29, 1.82) is 0 Å². The maximum Gasteiger partial charge on any atom is 0.191 e. The van der Waals surface area contributed by atoms with E-state index in [1.165, 1.54) is 0 Å². The van der Waals surface area contributed by atoms with Crippen LogP contribution in [0.3, 0.4) is 0 Å². The van der Waals surface area contributed by atoms with Gasteiger partial charge in [0.15, 0.2) is 8.32 Å². The number of rotatable bonds is 4. The topological polar surface area (TPSA) is 29.5 Å². The molecule has 0 spiro atoms. The van der Waals surface area contributed by atoms with Gasteiger partial charge in [0, 0.05) is 13.0 Å². The maximum absolute atomic E-state index is 9.16. The zero-order valence-electron chi connectivity index (χ0n) is 9.92. The van der Waals surface area contributed by atoms with Gasteiger partial charge in [-0.3, -0.25) is 0 Å².